The first-order valence-electron chi connectivity index (χ1n) is 11.1. The summed E-state index contributed by atoms with van der Waals surface area (Å²) >= 11 is 12.5. The van der Waals surface area contributed by atoms with Crippen molar-refractivity contribution in [3.8, 4) is 11.5 Å². The first kappa shape index (κ1) is 27.3. The van der Waals surface area contributed by atoms with Crippen LogP contribution in [-0.4, -0.2) is 31.1 Å². The van der Waals surface area contributed by atoms with Gasteiger partial charge in [0.2, 0.25) is 0 Å². The number of hydrogen-bond acceptors (Lipinski definition) is 7. The predicted molar refractivity (Wildman–Crippen MR) is 146 cm³/mol. The van der Waals surface area contributed by atoms with Crippen LogP contribution in [-0.2, 0) is 16.5 Å². The summed E-state index contributed by atoms with van der Waals surface area (Å²) in [6.45, 7) is 1.79. The standard InChI is InChI=1S/C26H21Cl2N3O6S/c1-3-14-10-21(23(28)22(11-14)38(34,35)36)30-31-24-17-7-5-4-6-15(17)12-18(25(24)32)26(33)29-20-9-8-16(37-2)13-19(20)27/h4-13,32H,3H2,1-2H3,(H,29,33)(H,34,35,36). The van der Waals surface area contributed by atoms with Crippen LogP contribution in [0.4, 0.5) is 17.1 Å². The number of halogens is 2. The Morgan fingerprint density at radius 2 is 1.79 bits per heavy atom. The molecule has 0 heterocycles. The summed E-state index contributed by atoms with van der Waals surface area (Å²) in [6, 6.07) is 15.9. The van der Waals surface area contributed by atoms with E-state index >= 15 is 0 Å². The third-order valence-corrected chi connectivity index (χ3v) is 7.39. The van der Waals surface area contributed by atoms with Crippen molar-refractivity contribution >= 4 is 67.1 Å². The molecule has 0 aromatic heterocycles. The number of benzene rings is 4. The predicted octanol–water partition coefficient (Wildman–Crippen LogP) is 7.34. The maximum absolute atomic E-state index is 13.2. The number of phenols is 1. The minimum atomic E-state index is -4.62. The van der Waals surface area contributed by atoms with E-state index in [0.717, 1.165) is 0 Å². The summed E-state index contributed by atoms with van der Waals surface area (Å²) in [4.78, 5) is 12.6. The normalized spacial score (nSPS) is 11.7. The van der Waals surface area contributed by atoms with E-state index in [2.05, 4.69) is 15.5 Å². The molecule has 3 N–H and O–H groups in total. The number of ether oxygens (including phenoxy) is 1. The van der Waals surface area contributed by atoms with Gasteiger partial charge in [-0.05, 0) is 47.7 Å². The van der Waals surface area contributed by atoms with Gasteiger partial charge in [0.05, 0.1) is 28.4 Å². The summed E-state index contributed by atoms with van der Waals surface area (Å²) in [5.41, 5.74) is 0.655. The lowest BCUT2D eigenvalue weighted by atomic mass is 10.0. The Balaban J connectivity index is 1.82. The molecule has 0 unspecified atom stereocenters. The van der Waals surface area contributed by atoms with Gasteiger partial charge in [-0.2, -0.15) is 8.42 Å². The van der Waals surface area contributed by atoms with Gasteiger partial charge < -0.3 is 15.2 Å². The van der Waals surface area contributed by atoms with Gasteiger partial charge in [-0.15, -0.1) is 10.2 Å². The number of aromatic hydroxyl groups is 1. The minimum Gasteiger partial charge on any atom is -0.505 e. The highest BCUT2D eigenvalue weighted by molar-refractivity contribution is 7.86. The fourth-order valence-electron chi connectivity index (χ4n) is 3.71. The van der Waals surface area contributed by atoms with Gasteiger partial charge in [0.1, 0.15) is 22.0 Å². The van der Waals surface area contributed by atoms with E-state index in [4.69, 9.17) is 27.9 Å². The average Bonchev–Trinajstić information content (AvgIpc) is 2.88. The highest BCUT2D eigenvalue weighted by Crippen LogP contribution is 2.41. The molecule has 0 atom stereocenters. The van der Waals surface area contributed by atoms with Crippen molar-refractivity contribution in [1.29, 1.82) is 0 Å². The first-order chi connectivity index (χ1) is 18.0. The zero-order valence-electron chi connectivity index (χ0n) is 20.1. The number of carbonyl (C=O) groups excluding carboxylic acids is 1. The molecule has 0 fully saturated rings. The molecule has 4 aromatic rings. The number of methoxy groups -OCH3 is 1. The zero-order valence-corrected chi connectivity index (χ0v) is 22.4. The smallest absolute Gasteiger partial charge is 0.296 e. The molecule has 0 spiro atoms. The number of amides is 1. The Bertz CT molecular complexity index is 1710. The molecule has 0 bridgehead atoms. The third kappa shape index (κ3) is 5.58. The van der Waals surface area contributed by atoms with Crippen LogP contribution in [0.3, 0.4) is 0 Å². The van der Waals surface area contributed by atoms with Crippen LogP contribution in [0.15, 0.2) is 75.8 Å². The first-order valence-corrected chi connectivity index (χ1v) is 13.3. The summed E-state index contributed by atoms with van der Waals surface area (Å²) in [7, 11) is -3.14. The van der Waals surface area contributed by atoms with E-state index in [0.29, 0.717) is 34.2 Å². The van der Waals surface area contributed by atoms with E-state index in [-0.39, 0.29) is 27.0 Å². The van der Waals surface area contributed by atoms with Gasteiger partial charge >= 0.3 is 0 Å². The Morgan fingerprint density at radius 3 is 2.45 bits per heavy atom. The molecular formula is C26H21Cl2N3O6S. The molecule has 0 radical (unpaired) electrons. The molecule has 196 valence electrons. The number of aryl methyl sites for hydroxylation is 1. The number of rotatable bonds is 7. The highest BCUT2D eigenvalue weighted by Gasteiger charge is 2.21. The van der Waals surface area contributed by atoms with Gasteiger partial charge in [-0.3, -0.25) is 9.35 Å². The van der Waals surface area contributed by atoms with Crippen molar-refractivity contribution in [2.45, 2.75) is 18.2 Å². The lowest BCUT2D eigenvalue weighted by molar-refractivity contribution is 0.102. The van der Waals surface area contributed by atoms with Gasteiger partial charge in [0, 0.05) is 11.5 Å². The third-order valence-electron chi connectivity index (χ3n) is 5.69. The fraction of sp³-hybridized carbons (Fsp3) is 0.115. The van der Waals surface area contributed by atoms with E-state index in [1.54, 1.807) is 43.3 Å². The van der Waals surface area contributed by atoms with Crippen LogP contribution < -0.4 is 10.1 Å². The van der Waals surface area contributed by atoms with Crippen LogP contribution in [0.2, 0.25) is 10.0 Å². The fourth-order valence-corrected chi connectivity index (χ4v) is 5.00. The Morgan fingerprint density at radius 1 is 1.05 bits per heavy atom. The largest absolute Gasteiger partial charge is 0.505 e. The zero-order chi connectivity index (χ0) is 27.6. The van der Waals surface area contributed by atoms with Crippen molar-refractivity contribution in [3.05, 3.63) is 81.8 Å². The number of fused-ring (bicyclic) bond motifs is 1. The molecular weight excluding hydrogens is 553 g/mol. The Kier molecular flexibility index (Phi) is 7.89. The summed E-state index contributed by atoms with van der Waals surface area (Å²) in [5.74, 6) is -0.615. The molecule has 0 saturated carbocycles. The monoisotopic (exact) mass is 573 g/mol. The van der Waals surface area contributed by atoms with E-state index in [1.807, 2.05) is 0 Å². The number of azo groups is 1. The van der Waals surface area contributed by atoms with Crippen LogP contribution in [0.1, 0.15) is 22.8 Å². The quantitative estimate of drug-likeness (QED) is 0.156. The second kappa shape index (κ2) is 11.0. The van der Waals surface area contributed by atoms with Crippen molar-refractivity contribution in [1.82, 2.24) is 0 Å². The molecule has 12 heteroatoms. The van der Waals surface area contributed by atoms with Crippen molar-refractivity contribution in [3.63, 3.8) is 0 Å². The average molecular weight is 574 g/mol. The van der Waals surface area contributed by atoms with Crippen LogP contribution in [0.5, 0.6) is 11.5 Å². The lowest BCUT2D eigenvalue weighted by Crippen LogP contribution is -2.12. The number of nitrogens with zero attached hydrogens (tertiary/aromatic N) is 2. The van der Waals surface area contributed by atoms with Crippen molar-refractivity contribution < 1.29 is 27.6 Å². The number of carbonyl (C=O) groups is 1. The molecule has 0 aliphatic carbocycles. The molecule has 0 saturated heterocycles. The summed E-state index contributed by atoms with van der Waals surface area (Å²) in [6.07, 6.45) is 0.431. The van der Waals surface area contributed by atoms with E-state index in [1.165, 1.54) is 31.4 Å². The highest BCUT2D eigenvalue weighted by atomic mass is 35.5. The van der Waals surface area contributed by atoms with Gasteiger partial charge in [0.25, 0.3) is 16.0 Å². The second-order valence-corrected chi connectivity index (χ2v) is 10.3. The maximum atomic E-state index is 13.2. The molecule has 0 aliphatic rings. The maximum Gasteiger partial charge on any atom is 0.296 e. The topological polar surface area (TPSA) is 138 Å². The molecule has 38 heavy (non-hydrogen) atoms. The van der Waals surface area contributed by atoms with Gasteiger partial charge in [0.15, 0.2) is 5.75 Å². The molecule has 9 nitrogen and oxygen atoms in total. The van der Waals surface area contributed by atoms with Crippen LogP contribution >= 0.6 is 23.2 Å². The van der Waals surface area contributed by atoms with E-state index < -0.39 is 26.7 Å². The Hall–Kier alpha value is -3.70. The molecule has 4 rings (SSSR count). The number of phenolic OH excluding ortho intramolecular Hbond substituents is 1. The summed E-state index contributed by atoms with van der Waals surface area (Å²) in [5, 5.41) is 22.9. The molecule has 1 amide bonds. The van der Waals surface area contributed by atoms with E-state index in [9.17, 15) is 22.9 Å². The number of hydrogen-bond donors (Lipinski definition) is 3. The van der Waals surface area contributed by atoms with Crippen molar-refractivity contribution in [2.75, 3.05) is 12.4 Å². The van der Waals surface area contributed by atoms with Crippen LogP contribution in [0.25, 0.3) is 10.8 Å². The second-order valence-electron chi connectivity index (χ2n) is 8.10. The number of anilines is 1. The lowest BCUT2D eigenvalue weighted by Gasteiger charge is -2.12. The van der Waals surface area contributed by atoms with Crippen LogP contribution in [0, 0.1) is 0 Å². The minimum absolute atomic E-state index is 0.0398. The van der Waals surface area contributed by atoms with Gasteiger partial charge in [-0.1, -0.05) is 54.4 Å². The van der Waals surface area contributed by atoms with Crippen molar-refractivity contribution in [2.24, 2.45) is 10.2 Å². The van der Waals surface area contributed by atoms with Gasteiger partial charge in [-0.25, -0.2) is 0 Å². The SMILES string of the molecule is CCc1cc(N=Nc2c(O)c(C(=O)Nc3ccc(OC)cc3Cl)cc3ccccc23)c(Cl)c(S(=O)(=O)O)c1. The summed E-state index contributed by atoms with van der Waals surface area (Å²) < 4.78 is 38.3. The molecule has 4 aromatic carbocycles. The Labute approximate surface area is 228 Å². The number of nitrogens with one attached hydrogen (secondary N) is 1. The molecule has 0 aliphatic heterocycles.